The Morgan fingerprint density at radius 1 is 0.906 bits per heavy atom. The van der Waals surface area contributed by atoms with Crippen molar-refractivity contribution in [2.45, 2.75) is 13.8 Å². The molecule has 0 amide bonds. The molecule has 5 aromatic rings. The van der Waals surface area contributed by atoms with E-state index in [0.29, 0.717) is 16.0 Å². The average Bonchev–Trinajstić information content (AvgIpc) is 3.51. The maximum absolute atomic E-state index is 13.3. The summed E-state index contributed by atoms with van der Waals surface area (Å²) in [6.07, 6.45) is 0. The van der Waals surface area contributed by atoms with Gasteiger partial charge in [0.05, 0.1) is 17.1 Å². The standard InChI is InChI=1S/C23H18N6OS2/c1-14-15(2)32-22(24-14)27-26-20-19(17-11-7-4-8-12-17)28-29(21(20)30)23-25-18(13-31-23)16-9-5-3-6-10-16/h3-13,28H,1-2H3. The van der Waals surface area contributed by atoms with E-state index in [-0.39, 0.29) is 11.2 Å². The highest BCUT2D eigenvalue weighted by molar-refractivity contribution is 7.15. The van der Waals surface area contributed by atoms with Crippen molar-refractivity contribution in [3.8, 4) is 27.6 Å². The summed E-state index contributed by atoms with van der Waals surface area (Å²) in [4.78, 5) is 23.5. The third-order valence-corrected chi connectivity index (χ3v) is 6.72. The second-order valence-electron chi connectivity index (χ2n) is 7.06. The van der Waals surface area contributed by atoms with Crippen molar-refractivity contribution < 1.29 is 0 Å². The lowest BCUT2D eigenvalue weighted by atomic mass is 10.1. The number of aryl methyl sites for hydroxylation is 2. The number of H-pyrrole nitrogens is 1. The van der Waals surface area contributed by atoms with Gasteiger partial charge in [0.1, 0.15) is 0 Å². The molecule has 0 saturated carbocycles. The fourth-order valence-electron chi connectivity index (χ4n) is 3.16. The van der Waals surface area contributed by atoms with Gasteiger partial charge in [-0.15, -0.1) is 21.6 Å². The van der Waals surface area contributed by atoms with Crippen LogP contribution in [0.4, 0.5) is 10.8 Å². The van der Waals surface area contributed by atoms with E-state index in [1.54, 1.807) is 0 Å². The lowest BCUT2D eigenvalue weighted by molar-refractivity contribution is 0.843. The van der Waals surface area contributed by atoms with Crippen LogP contribution < -0.4 is 5.56 Å². The van der Waals surface area contributed by atoms with Crippen LogP contribution in [0.1, 0.15) is 10.6 Å². The summed E-state index contributed by atoms with van der Waals surface area (Å²) in [5.41, 5.74) is 4.04. The number of azo groups is 1. The predicted octanol–water partition coefficient (Wildman–Crippen LogP) is 6.44. The molecule has 0 fully saturated rings. The Morgan fingerprint density at radius 2 is 1.59 bits per heavy atom. The zero-order valence-corrected chi connectivity index (χ0v) is 18.9. The Labute approximate surface area is 191 Å². The van der Waals surface area contributed by atoms with Crippen molar-refractivity contribution in [1.82, 2.24) is 19.7 Å². The van der Waals surface area contributed by atoms with Gasteiger partial charge in [-0.3, -0.25) is 9.89 Å². The number of aromatic nitrogens is 4. The summed E-state index contributed by atoms with van der Waals surface area (Å²) in [5, 5.41) is 14.7. The number of aromatic amines is 1. The molecule has 158 valence electrons. The van der Waals surface area contributed by atoms with Crippen LogP contribution in [0.25, 0.3) is 27.6 Å². The monoisotopic (exact) mass is 458 g/mol. The molecule has 5 rings (SSSR count). The molecule has 2 aromatic carbocycles. The smallest absolute Gasteiger partial charge is 0.286 e. The zero-order chi connectivity index (χ0) is 22.1. The van der Waals surface area contributed by atoms with Crippen LogP contribution in [0.5, 0.6) is 0 Å². The molecule has 0 aliphatic rings. The molecule has 32 heavy (non-hydrogen) atoms. The lowest BCUT2D eigenvalue weighted by Crippen LogP contribution is -2.13. The topological polar surface area (TPSA) is 88.3 Å². The van der Waals surface area contributed by atoms with Crippen molar-refractivity contribution in [1.29, 1.82) is 0 Å². The largest absolute Gasteiger partial charge is 0.301 e. The molecule has 3 aromatic heterocycles. The fourth-order valence-corrected chi connectivity index (χ4v) is 4.68. The zero-order valence-electron chi connectivity index (χ0n) is 17.3. The van der Waals surface area contributed by atoms with Gasteiger partial charge in [-0.2, -0.15) is 4.68 Å². The number of nitrogens with zero attached hydrogens (tertiary/aromatic N) is 5. The SMILES string of the molecule is Cc1nc(N=Nc2c(-c3ccccc3)[nH]n(-c3nc(-c4ccccc4)cs3)c2=O)sc1C. The molecule has 0 atom stereocenters. The summed E-state index contributed by atoms with van der Waals surface area (Å²) in [7, 11) is 0. The van der Waals surface area contributed by atoms with Gasteiger partial charge in [-0.1, -0.05) is 72.0 Å². The first-order valence-corrected chi connectivity index (χ1v) is 11.6. The van der Waals surface area contributed by atoms with E-state index >= 15 is 0 Å². The van der Waals surface area contributed by atoms with E-state index in [0.717, 1.165) is 27.4 Å². The summed E-state index contributed by atoms with van der Waals surface area (Å²) in [6, 6.07) is 19.5. The van der Waals surface area contributed by atoms with Crippen molar-refractivity contribution in [3.63, 3.8) is 0 Å². The minimum atomic E-state index is -0.313. The van der Waals surface area contributed by atoms with Crippen LogP contribution >= 0.6 is 22.7 Å². The molecular formula is C23H18N6OS2. The number of hydrogen-bond acceptors (Lipinski definition) is 7. The molecule has 0 saturated heterocycles. The minimum Gasteiger partial charge on any atom is -0.286 e. The van der Waals surface area contributed by atoms with E-state index in [2.05, 4.69) is 25.3 Å². The Morgan fingerprint density at radius 3 is 2.25 bits per heavy atom. The second-order valence-corrected chi connectivity index (χ2v) is 9.08. The number of nitrogens with one attached hydrogen (secondary N) is 1. The summed E-state index contributed by atoms with van der Waals surface area (Å²) in [5.74, 6) is 0. The maximum atomic E-state index is 13.3. The van der Waals surface area contributed by atoms with E-state index in [4.69, 9.17) is 0 Å². The van der Waals surface area contributed by atoms with E-state index in [9.17, 15) is 4.79 Å². The van der Waals surface area contributed by atoms with Gasteiger partial charge < -0.3 is 0 Å². The first-order chi connectivity index (χ1) is 15.6. The fraction of sp³-hybridized carbons (Fsp3) is 0.0870. The Hall–Kier alpha value is -3.69. The third-order valence-electron chi connectivity index (χ3n) is 4.93. The molecule has 0 spiro atoms. The molecule has 9 heteroatoms. The molecule has 0 bridgehead atoms. The summed E-state index contributed by atoms with van der Waals surface area (Å²) in [6.45, 7) is 3.91. The summed E-state index contributed by atoms with van der Waals surface area (Å²) >= 11 is 2.83. The normalized spacial score (nSPS) is 11.4. The van der Waals surface area contributed by atoms with Crippen LogP contribution in [-0.4, -0.2) is 19.7 Å². The molecule has 7 nitrogen and oxygen atoms in total. The first-order valence-electron chi connectivity index (χ1n) is 9.87. The number of thiazole rings is 2. The van der Waals surface area contributed by atoms with Crippen molar-refractivity contribution in [2.75, 3.05) is 0 Å². The highest BCUT2D eigenvalue weighted by Gasteiger charge is 2.19. The van der Waals surface area contributed by atoms with Crippen LogP contribution in [0.3, 0.4) is 0 Å². The average molecular weight is 459 g/mol. The lowest BCUT2D eigenvalue weighted by Gasteiger charge is -1.98. The van der Waals surface area contributed by atoms with E-state index in [1.165, 1.54) is 27.4 Å². The van der Waals surface area contributed by atoms with E-state index in [1.807, 2.05) is 79.9 Å². The molecule has 3 heterocycles. The second kappa shape index (κ2) is 8.45. The Kier molecular flexibility index (Phi) is 5.34. The Bertz CT molecular complexity index is 1440. The van der Waals surface area contributed by atoms with Crippen LogP contribution in [0, 0.1) is 13.8 Å². The predicted molar refractivity (Wildman–Crippen MR) is 129 cm³/mol. The highest BCUT2D eigenvalue weighted by atomic mass is 32.1. The minimum absolute atomic E-state index is 0.221. The highest BCUT2D eigenvalue weighted by Crippen LogP contribution is 2.31. The third kappa shape index (κ3) is 3.83. The molecule has 0 radical (unpaired) electrons. The number of benzene rings is 2. The molecule has 0 unspecified atom stereocenters. The quantitative estimate of drug-likeness (QED) is 0.307. The van der Waals surface area contributed by atoms with Crippen molar-refractivity contribution >= 4 is 33.5 Å². The number of hydrogen-bond donors (Lipinski definition) is 1. The molecule has 1 N–H and O–H groups in total. The molecule has 0 aliphatic carbocycles. The number of rotatable bonds is 5. The van der Waals surface area contributed by atoms with Gasteiger partial charge in [0.15, 0.2) is 5.69 Å². The van der Waals surface area contributed by atoms with Gasteiger partial charge in [-0.25, -0.2) is 9.97 Å². The molecule has 0 aliphatic heterocycles. The van der Waals surface area contributed by atoms with Gasteiger partial charge in [0, 0.05) is 21.4 Å². The van der Waals surface area contributed by atoms with E-state index < -0.39 is 0 Å². The van der Waals surface area contributed by atoms with Crippen molar-refractivity contribution in [2.24, 2.45) is 10.2 Å². The first kappa shape index (κ1) is 20.2. The van der Waals surface area contributed by atoms with Gasteiger partial charge in [0.25, 0.3) is 0 Å². The van der Waals surface area contributed by atoms with Gasteiger partial charge in [-0.05, 0) is 13.8 Å². The molecular weight excluding hydrogens is 440 g/mol. The summed E-state index contributed by atoms with van der Waals surface area (Å²) < 4.78 is 1.42. The van der Waals surface area contributed by atoms with Gasteiger partial charge >= 0.3 is 5.56 Å². The maximum Gasteiger partial charge on any atom is 0.301 e. The van der Waals surface area contributed by atoms with Crippen LogP contribution in [0.2, 0.25) is 0 Å². The Balaban J connectivity index is 1.60. The van der Waals surface area contributed by atoms with Crippen molar-refractivity contribution in [3.05, 3.63) is 87.0 Å². The van der Waals surface area contributed by atoms with Crippen LogP contribution in [0.15, 0.2) is 81.1 Å². The van der Waals surface area contributed by atoms with Gasteiger partial charge in [0.2, 0.25) is 10.3 Å². The van der Waals surface area contributed by atoms with Crippen LogP contribution in [-0.2, 0) is 0 Å².